The molecule has 1 heterocycles. The summed E-state index contributed by atoms with van der Waals surface area (Å²) in [6, 6.07) is 11.2. The normalized spacial score (nSPS) is 10.8. The van der Waals surface area contributed by atoms with Crippen molar-refractivity contribution in [3.63, 3.8) is 0 Å². The summed E-state index contributed by atoms with van der Waals surface area (Å²) < 4.78 is 28.6. The van der Waals surface area contributed by atoms with Gasteiger partial charge >= 0.3 is 0 Å². The molecule has 5 heteroatoms. The third-order valence-corrected chi connectivity index (χ3v) is 3.47. The molecule has 0 aliphatic heterocycles. The van der Waals surface area contributed by atoms with Crippen LogP contribution < -0.4 is 5.73 Å². The molecule has 3 nitrogen and oxygen atoms in total. The lowest BCUT2D eigenvalue weighted by Crippen LogP contribution is -2.07. The zero-order valence-electron chi connectivity index (χ0n) is 11.8. The van der Waals surface area contributed by atoms with Crippen LogP contribution in [0.4, 0.5) is 14.5 Å². The number of nitrogen functional groups attached to an aromatic ring is 1. The van der Waals surface area contributed by atoms with Crippen LogP contribution in [0.5, 0.6) is 0 Å². The number of aromatic nitrogens is 2. The third-order valence-electron chi connectivity index (χ3n) is 3.47. The second-order valence-electron chi connectivity index (χ2n) is 5.13. The Balaban J connectivity index is 1.83. The zero-order valence-corrected chi connectivity index (χ0v) is 11.8. The molecule has 2 aromatic carbocycles. The van der Waals surface area contributed by atoms with E-state index < -0.39 is 11.6 Å². The van der Waals surface area contributed by atoms with Gasteiger partial charge in [-0.3, -0.25) is 0 Å². The van der Waals surface area contributed by atoms with Crippen molar-refractivity contribution in [2.75, 3.05) is 5.73 Å². The van der Waals surface area contributed by atoms with E-state index in [2.05, 4.69) is 4.98 Å². The lowest BCUT2D eigenvalue weighted by molar-refractivity contribution is 0.564. The van der Waals surface area contributed by atoms with Gasteiger partial charge in [0.05, 0.1) is 6.54 Å². The van der Waals surface area contributed by atoms with E-state index in [1.54, 1.807) is 12.4 Å². The van der Waals surface area contributed by atoms with Gasteiger partial charge in [0, 0.05) is 36.1 Å². The van der Waals surface area contributed by atoms with Gasteiger partial charge in [-0.25, -0.2) is 13.8 Å². The maximum absolute atomic E-state index is 13.8. The second kappa shape index (κ2) is 5.97. The van der Waals surface area contributed by atoms with Crippen LogP contribution in [0, 0.1) is 11.6 Å². The first kappa shape index (κ1) is 14.3. The maximum Gasteiger partial charge on any atom is 0.131 e. The summed E-state index contributed by atoms with van der Waals surface area (Å²) in [4.78, 5) is 4.31. The molecule has 22 heavy (non-hydrogen) atoms. The van der Waals surface area contributed by atoms with E-state index in [9.17, 15) is 8.78 Å². The summed E-state index contributed by atoms with van der Waals surface area (Å²) in [5.41, 5.74) is 7.92. The molecule has 0 unspecified atom stereocenters. The monoisotopic (exact) mass is 299 g/mol. The first-order valence-corrected chi connectivity index (χ1v) is 6.90. The van der Waals surface area contributed by atoms with Crippen LogP contribution in [0.1, 0.15) is 17.0 Å². The predicted molar refractivity (Wildman–Crippen MR) is 81.3 cm³/mol. The number of benzene rings is 2. The topological polar surface area (TPSA) is 43.8 Å². The summed E-state index contributed by atoms with van der Waals surface area (Å²) >= 11 is 0. The fraction of sp³-hybridized carbons (Fsp3) is 0.118. The van der Waals surface area contributed by atoms with Crippen molar-refractivity contribution in [2.45, 2.75) is 13.0 Å². The average Bonchev–Trinajstić information content (AvgIpc) is 2.89. The number of halogens is 2. The predicted octanol–water partition coefficient (Wildman–Crippen LogP) is 3.38. The molecular weight excluding hydrogens is 284 g/mol. The molecule has 0 aliphatic carbocycles. The van der Waals surface area contributed by atoms with Gasteiger partial charge in [0.1, 0.15) is 17.5 Å². The van der Waals surface area contributed by atoms with Crippen molar-refractivity contribution in [1.29, 1.82) is 0 Å². The van der Waals surface area contributed by atoms with Gasteiger partial charge in [-0.15, -0.1) is 0 Å². The Labute approximate surface area is 127 Å². The minimum atomic E-state index is -0.577. The van der Waals surface area contributed by atoms with E-state index in [4.69, 9.17) is 5.73 Å². The number of nitrogens with zero attached hydrogens (tertiary/aromatic N) is 2. The Morgan fingerprint density at radius 1 is 1.09 bits per heavy atom. The molecule has 0 amide bonds. The quantitative estimate of drug-likeness (QED) is 0.751. The van der Waals surface area contributed by atoms with E-state index in [1.165, 1.54) is 12.1 Å². The van der Waals surface area contributed by atoms with E-state index in [0.29, 0.717) is 24.2 Å². The molecule has 0 aliphatic rings. The summed E-state index contributed by atoms with van der Waals surface area (Å²) in [5, 5.41) is 0. The van der Waals surface area contributed by atoms with Gasteiger partial charge in [-0.1, -0.05) is 18.2 Å². The summed E-state index contributed by atoms with van der Waals surface area (Å²) in [6.45, 7) is 0.309. The number of anilines is 1. The Hall–Kier alpha value is -2.69. The highest BCUT2D eigenvalue weighted by atomic mass is 19.1. The van der Waals surface area contributed by atoms with Crippen LogP contribution >= 0.6 is 0 Å². The van der Waals surface area contributed by atoms with Crippen molar-refractivity contribution in [1.82, 2.24) is 9.55 Å². The molecule has 112 valence electrons. The maximum atomic E-state index is 13.8. The summed E-state index contributed by atoms with van der Waals surface area (Å²) in [5.74, 6) is -0.329. The SMILES string of the molecule is Nc1cccc(Cc2nccn2Cc2ccc(F)cc2F)c1. The molecule has 0 saturated heterocycles. The van der Waals surface area contributed by atoms with Crippen LogP contribution in [-0.4, -0.2) is 9.55 Å². The summed E-state index contributed by atoms with van der Waals surface area (Å²) in [7, 11) is 0. The highest BCUT2D eigenvalue weighted by molar-refractivity contribution is 5.41. The molecule has 0 spiro atoms. The van der Waals surface area contributed by atoms with Crippen molar-refractivity contribution >= 4 is 5.69 Å². The van der Waals surface area contributed by atoms with Crippen molar-refractivity contribution in [3.05, 3.63) is 83.4 Å². The van der Waals surface area contributed by atoms with Gasteiger partial charge in [0.25, 0.3) is 0 Å². The Kier molecular flexibility index (Phi) is 3.87. The second-order valence-corrected chi connectivity index (χ2v) is 5.13. The molecular formula is C17H15F2N3. The van der Waals surface area contributed by atoms with Gasteiger partial charge in [-0.05, 0) is 23.8 Å². The minimum absolute atomic E-state index is 0.309. The van der Waals surface area contributed by atoms with E-state index in [0.717, 1.165) is 17.5 Å². The summed E-state index contributed by atoms with van der Waals surface area (Å²) in [6.07, 6.45) is 4.05. The molecule has 0 saturated carbocycles. The van der Waals surface area contributed by atoms with Crippen LogP contribution in [0.2, 0.25) is 0 Å². The highest BCUT2D eigenvalue weighted by Crippen LogP contribution is 2.15. The van der Waals surface area contributed by atoms with Crippen LogP contribution in [0.3, 0.4) is 0 Å². The van der Waals surface area contributed by atoms with Gasteiger partial charge < -0.3 is 10.3 Å². The van der Waals surface area contributed by atoms with Crippen molar-refractivity contribution < 1.29 is 8.78 Å². The number of imidazole rings is 1. The van der Waals surface area contributed by atoms with Gasteiger partial charge in [0.15, 0.2) is 0 Å². The van der Waals surface area contributed by atoms with Gasteiger partial charge in [-0.2, -0.15) is 0 Å². The lowest BCUT2D eigenvalue weighted by Gasteiger charge is -2.09. The number of hydrogen-bond donors (Lipinski definition) is 1. The first-order valence-electron chi connectivity index (χ1n) is 6.90. The molecule has 2 N–H and O–H groups in total. The molecule has 0 atom stereocenters. The number of rotatable bonds is 4. The van der Waals surface area contributed by atoms with Gasteiger partial charge in [0.2, 0.25) is 0 Å². The van der Waals surface area contributed by atoms with Crippen LogP contribution in [0.25, 0.3) is 0 Å². The lowest BCUT2D eigenvalue weighted by atomic mass is 10.1. The highest BCUT2D eigenvalue weighted by Gasteiger charge is 2.09. The molecule has 3 aromatic rings. The Morgan fingerprint density at radius 3 is 2.73 bits per heavy atom. The molecule has 0 radical (unpaired) electrons. The zero-order chi connectivity index (χ0) is 15.5. The van der Waals surface area contributed by atoms with Crippen molar-refractivity contribution in [2.24, 2.45) is 0 Å². The third kappa shape index (κ3) is 3.14. The van der Waals surface area contributed by atoms with E-state index in [-0.39, 0.29) is 0 Å². The van der Waals surface area contributed by atoms with E-state index >= 15 is 0 Å². The number of hydrogen-bond acceptors (Lipinski definition) is 2. The average molecular weight is 299 g/mol. The molecule has 3 rings (SSSR count). The molecule has 0 fully saturated rings. The number of nitrogens with two attached hydrogens (primary N) is 1. The Bertz CT molecular complexity index is 796. The first-order chi connectivity index (χ1) is 10.6. The van der Waals surface area contributed by atoms with E-state index in [1.807, 2.05) is 28.8 Å². The fourth-order valence-corrected chi connectivity index (χ4v) is 2.37. The smallest absolute Gasteiger partial charge is 0.131 e. The van der Waals surface area contributed by atoms with Crippen LogP contribution in [-0.2, 0) is 13.0 Å². The fourth-order valence-electron chi connectivity index (χ4n) is 2.37. The molecule has 0 bridgehead atoms. The van der Waals surface area contributed by atoms with Crippen LogP contribution in [0.15, 0.2) is 54.9 Å². The Morgan fingerprint density at radius 2 is 1.95 bits per heavy atom. The molecule has 1 aromatic heterocycles. The minimum Gasteiger partial charge on any atom is -0.399 e. The standard InChI is InChI=1S/C17H15F2N3/c18-14-5-4-13(16(19)10-14)11-22-7-6-21-17(22)9-12-2-1-3-15(20)8-12/h1-8,10H,9,11,20H2. The van der Waals surface area contributed by atoms with Crippen molar-refractivity contribution in [3.8, 4) is 0 Å². The largest absolute Gasteiger partial charge is 0.399 e.